The maximum atomic E-state index is 5.57. The summed E-state index contributed by atoms with van der Waals surface area (Å²) in [6, 6.07) is 20.1. The summed E-state index contributed by atoms with van der Waals surface area (Å²) in [5.41, 5.74) is 7.08. The van der Waals surface area contributed by atoms with Crippen LogP contribution >= 0.6 is 0 Å². The zero-order valence-electron chi connectivity index (χ0n) is 20.8. The number of ether oxygens (including phenoxy) is 4. The Hall–Kier alpha value is -4.19. The van der Waals surface area contributed by atoms with Gasteiger partial charge in [-0.1, -0.05) is 36.9 Å². The van der Waals surface area contributed by atoms with Crippen LogP contribution in [0.15, 0.2) is 67.2 Å². The van der Waals surface area contributed by atoms with Crippen LogP contribution in [-0.4, -0.2) is 38.2 Å². The molecule has 35 heavy (non-hydrogen) atoms. The van der Waals surface area contributed by atoms with Gasteiger partial charge in [0, 0.05) is 16.7 Å². The molecule has 0 fully saturated rings. The molecule has 1 aromatic heterocycles. The fraction of sp³-hybridized carbons (Fsp3) is 0.207. The molecule has 3 aromatic carbocycles. The summed E-state index contributed by atoms with van der Waals surface area (Å²) in [5.74, 6) is 2.68. The Morgan fingerprint density at radius 3 is 1.83 bits per heavy atom. The van der Waals surface area contributed by atoms with Crippen molar-refractivity contribution in [3.8, 4) is 45.5 Å². The van der Waals surface area contributed by atoms with Gasteiger partial charge in [-0.3, -0.25) is 4.68 Å². The molecule has 0 aliphatic heterocycles. The summed E-state index contributed by atoms with van der Waals surface area (Å²) >= 11 is 0. The Balaban J connectivity index is 1.87. The Bertz CT molecular complexity index is 1340. The minimum atomic E-state index is 0.606. The summed E-state index contributed by atoms with van der Waals surface area (Å²) in [6.07, 6.45) is 1.84. The highest BCUT2D eigenvalue weighted by Crippen LogP contribution is 2.39. The molecule has 0 N–H and O–H groups in total. The van der Waals surface area contributed by atoms with Crippen molar-refractivity contribution in [2.45, 2.75) is 13.5 Å². The summed E-state index contributed by atoms with van der Waals surface area (Å²) in [4.78, 5) is 0. The third kappa shape index (κ3) is 4.73. The monoisotopic (exact) mass is 470 g/mol. The van der Waals surface area contributed by atoms with Crippen LogP contribution in [0, 0.1) is 6.92 Å². The number of rotatable bonds is 9. The van der Waals surface area contributed by atoms with E-state index in [2.05, 4.69) is 37.8 Å². The predicted molar refractivity (Wildman–Crippen MR) is 140 cm³/mol. The van der Waals surface area contributed by atoms with Crippen LogP contribution in [0.2, 0.25) is 0 Å². The molecule has 0 amide bonds. The Morgan fingerprint density at radius 2 is 1.29 bits per heavy atom. The van der Waals surface area contributed by atoms with Gasteiger partial charge in [0.1, 0.15) is 0 Å². The minimum absolute atomic E-state index is 0.606. The highest BCUT2D eigenvalue weighted by Gasteiger charge is 2.20. The van der Waals surface area contributed by atoms with E-state index in [0.29, 0.717) is 29.5 Å². The molecule has 6 heteroatoms. The molecular weight excluding hydrogens is 440 g/mol. The highest BCUT2D eigenvalue weighted by atomic mass is 16.5. The number of aromatic nitrogens is 2. The van der Waals surface area contributed by atoms with Gasteiger partial charge in [0.05, 0.1) is 46.4 Å². The molecule has 0 aliphatic rings. The van der Waals surface area contributed by atoms with Crippen molar-refractivity contribution in [1.29, 1.82) is 0 Å². The van der Waals surface area contributed by atoms with Crippen LogP contribution in [-0.2, 0) is 6.54 Å². The molecular formula is C29H30N2O4. The van der Waals surface area contributed by atoms with Crippen molar-refractivity contribution in [2.75, 3.05) is 28.4 Å². The molecule has 0 unspecified atom stereocenters. The van der Waals surface area contributed by atoms with E-state index >= 15 is 0 Å². The van der Waals surface area contributed by atoms with E-state index in [1.807, 2.05) is 47.2 Å². The van der Waals surface area contributed by atoms with E-state index < -0.39 is 0 Å². The second-order valence-corrected chi connectivity index (χ2v) is 8.07. The lowest BCUT2D eigenvalue weighted by Gasteiger charge is -2.12. The van der Waals surface area contributed by atoms with Crippen molar-refractivity contribution < 1.29 is 18.9 Å². The van der Waals surface area contributed by atoms with E-state index in [9.17, 15) is 0 Å². The lowest BCUT2D eigenvalue weighted by molar-refractivity contribution is 0.355. The zero-order valence-corrected chi connectivity index (χ0v) is 20.8. The maximum absolute atomic E-state index is 5.57. The van der Waals surface area contributed by atoms with Gasteiger partial charge in [-0.25, -0.2) is 0 Å². The Morgan fingerprint density at radius 1 is 0.743 bits per heavy atom. The standard InChI is InChI=1S/C29H30N2O4/c1-7-20-8-10-21(11-9-20)18-31-29(23-13-15-25(33-4)27(17-23)35-6)19(2)28(30-31)22-12-14-24(32-3)26(16-22)34-5/h7-17H,1,18H2,2-6H3. The molecule has 0 spiro atoms. The van der Waals surface area contributed by atoms with Crippen molar-refractivity contribution in [3.05, 3.63) is 83.9 Å². The molecule has 0 atom stereocenters. The van der Waals surface area contributed by atoms with Gasteiger partial charge < -0.3 is 18.9 Å². The molecule has 6 nitrogen and oxygen atoms in total. The SMILES string of the molecule is C=Cc1ccc(Cn2nc(-c3ccc(OC)c(OC)c3)c(C)c2-c2ccc(OC)c(OC)c2)cc1. The second-order valence-electron chi connectivity index (χ2n) is 8.07. The van der Waals surface area contributed by atoms with Crippen molar-refractivity contribution in [1.82, 2.24) is 9.78 Å². The molecule has 0 aliphatic carbocycles. The fourth-order valence-electron chi connectivity index (χ4n) is 4.20. The molecule has 1 heterocycles. The molecule has 0 radical (unpaired) electrons. The van der Waals surface area contributed by atoms with E-state index in [0.717, 1.165) is 39.2 Å². The summed E-state index contributed by atoms with van der Waals surface area (Å²) in [6.45, 7) is 6.54. The number of nitrogens with zero attached hydrogens (tertiary/aromatic N) is 2. The number of benzene rings is 3. The highest BCUT2D eigenvalue weighted by molar-refractivity contribution is 5.76. The zero-order chi connectivity index (χ0) is 24.9. The Kier molecular flexibility index (Phi) is 7.11. The third-order valence-electron chi connectivity index (χ3n) is 6.05. The van der Waals surface area contributed by atoms with Gasteiger partial charge in [-0.05, 0) is 54.4 Å². The maximum Gasteiger partial charge on any atom is 0.161 e. The van der Waals surface area contributed by atoms with Gasteiger partial charge in [-0.15, -0.1) is 0 Å². The molecule has 180 valence electrons. The largest absolute Gasteiger partial charge is 0.493 e. The van der Waals surface area contributed by atoms with Crippen LogP contribution in [0.1, 0.15) is 16.7 Å². The minimum Gasteiger partial charge on any atom is -0.493 e. The number of methoxy groups -OCH3 is 4. The van der Waals surface area contributed by atoms with Crippen molar-refractivity contribution >= 4 is 6.08 Å². The summed E-state index contributed by atoms with van der Waals surface area (Å²) in [7, 11) is 6.54. The van der Waals surface area contributed by atoms with E-state index in [1.165, 1.54) is 0 Å². The number of hydrogen-bond donors (Lipinski definition) is 0. The normalized spacial score (nSPS) is 10.7. The van der Waals surface area contributed by atoms with Crippen LogP contribution < -0.4 is 18.9 Å². The second kappa shape index (κ2) is 10.4. The fourth-order valence-corrected chi connectivity index (χ4v) is 4.20. The van der Waals surface area contributed by atoms with E-state index in [-0.39, 0.29) is 0 Å². The first-order chi connectivity index (χ1) is 17.0. The summed E-state index contributed by atoms with van der Waals surface area (Å²) < 4.78 is 24.0. The lowest BCUT2D eigenvalue weighted by atomic mass is 10.0. The quantitative estimate of drug-likeness (QED) is 0.289. The van der Waals surface area contributed by atoms with Gasteiger partial charge in [0.15, 0.2) is 23.0 Å². The van der Waals surface area contributed by atoms with Crippen LogP contribution in [0.25, 0.3) is 28.6 Å². The summed E-state index contributed by atoms with van der Waals surface area (Å²) in [5, 5.41) is 5.05. The molecule has 4 rings (SSSR count). The van der Waals surface area contributed by atoms with Gasteiger partial charge in [0.25, 0.3) is 0 Å². The molecule has 0 saturated carbocycles. The first-order valence-corrected chi connectivity index (χ1v) is 11.3. The Labute approximate surface area is 206 Å². The smallest absolute Gasteiger partial charge is 0.161 e. The van der Waals surface area contributed by atoms with Gasteiger partial charge in [0.2, 0.25) is 0 Å². The van der Waals surface area contributed by atoms with Gasteiger partial charge >= 0.3 is 0 Å². The van der Waals surface area contributed by atoms with E-state index in [1.54, 1.807) is 28.4 Å². The average molecular weight is 471 g/mol. The van der Waals surface area contributed by atoms with Crippen molar-refractivity contribution in [3.63, 3.8) is 0 Å². The average Bonchev–Trinajstić information content (AvgIpc) is 3.23. The van der Waals surface area contributed by atoms with Gasteiger partial charge in [-0.2, -0.15) is 5.10 Å². The molecule has 0 bridgehead atoms. The first kappa shape index (κ1) is 24.0. The molecule has 4 aromatic rings. The topological polar surface area (TPSA) is 54.7 Å². The van der Waals surface area contributed by atoms with E-state index in [4.69, 9.17) is 24.0 Å². The van der Waals surface area contributed by atoms with Crippen LogP contribution in [0.3, 0.4) is 0 Å². The first-order valence-electron chi connectivity index (χ1n) is 11.3. The van der Waals surface area contributed by atoms with Crippen LogP contribution in [0.4, 0.5) is 0 Å². The third-order valence-corrected chi connectivity index (χ3v) is 6.05. The lowest BCUT2D eigenvalue weighted by Crippen LogP contribution is -2.04. The van der Waals surface area contributed by atoms with Crippen molar-refractivity contribution in [2.24, 2.45) is 0 Å². The van der Waals surface area contributed by atoms with Crippen LogP contribution in [0.5, 0.6) is 23.0 Å². The number of hydrogen-bond acceptors (Lipinski definition) is 5. The predicted octanol–water partition coefficient (Wildman–Crippen LogP) is 6.25. The molecule has 0 saturated heterocycles.